The van der Waals surface area contributed by atoms with Crippen LogP contribution in [0.25, 0.3) is 0 Å². The van der Waals surface area contributed by atoms with E-state index in [9.17, 15) is 9.90 Å². The number of carboxylic acids is 1. The summed E-state index contributed by atoms with van der Waals surface area (Å²) in [5, 5.41) is 12.2. The van der Waals surface area contributed by atoms with Crippen LogP contribution in [-0.4, -0.2) is 28.9 Å². The summed E-state index contributed by atoms with van der Waals surface area (Å²) < 4.78 is 0. The molecule has 0 fully saturated rings. The highest BCUT2D eigenvalue weighted by Crippen LogP contribution is 2.21. The van der Waals surface area contributed by atoms with E-state index in [4.69, 9.17) is 0 Å². The van der Waals surface area contributed by atoms with Gasteiger partial charge in [-0.1, -0.05) is 25.1 Å². The van der Waals surface area contributed by atoms with Crippen molar-refractivity contribution in [3.8, 4) is 0 Å². The zero-order valence-electron chi connectivity index (χ0n) is 10.3. The molecule has 0 aliphatic rings. The zero-order valence-corrected chi connectivity index (χ0v) is 11.1. The number of hydrogen-bond acceptors (Lipinski definition) is 3. The molecule has 0 heterocycles. The Labute approximate surface area is 107 Å². The van der Waals surface area contributed by atoms with Gasteiger partial charge in [0.25, 0.3) is 0 Å². The number of nitrogens with one attached hydrogen (secondary N) is 1. The Morgan fingerprint density at radius 2 is 2.06 bits per heavy atom. The fourth-order valence-corrected chi connectivity index (χ4v) is 2.65. The summed E-state index contributed by atoms with van der Waals surface area (Å²) in [6, 6.07) is 10.0. The molecule has 2 N–H and O–H groups in total. The van der Waals surface area contributed by atoms with Crippen molar-refractivity contribution < 1.29 is 9.90 Å². The minimum atomic E-state index is -0.823. The van der Waals surface area contributed by atoms with Crippen LogP contribution in [0.3, 0.4) is 0 Å². The van der Waals surface area contributed by atoms with Crippen LogP contribution in [-0.2, 0) is 4.79 Å². The second kappa shape index (κ2) is 6.67. The topological polar surface area (TPSA) is 49.3 Å². The summed E-state index contributed by atoms with van der Waals surface area (Å²) >= 11 is 1.69. The maximum absolute atomic E-state index is 11.2. The molecule has 0 spiro atoms. The zero-order chi connectivity index (χ0) is 12.7. The second-order valence-corrected chi connectivity index (χ2v) is 5.25. The molecule has 1 aromatic rings. The number of hydrogen-bond donors (Lipinski definition) is 2. The molecule has 94 valence electrons. The Hall–Kier alpha value is -1.00. The van der Waals surface area contributed by atoms with E-state index in [-0.39, 0.29) is 0 Å². The lowest BCUT2D eigenvalue weighted by molar-refractivity contribution is -0.144. The van der Waals surface area contributed by atoms with Crippen LogP contribution in [0.15, 0.2) is 35.2 Å². The van der Waals surface area contributed by atoms with E-state index in [0.29, 0.717) is 13.0 Å². The molecule has 3 nitrogen and oxygen atoms in total. The molecule has 0 saturated carbocycles. The molecule has 1 aromatic carbocycles. The van der Waals surface area contributed by atoms with Gasteiger partial charge in [0.2, 0.25) is 0 Å². The predicted molar refractivity (Wildman–Crippen MR) is 71.5 cm³/mol. The van der Waals surface area contributed by atoms with Gasteiger partial charge in [0, 0.05) is 10.6 Å². The predicted octanol–water partition coefficient (Wildman–Crippen LogP) is 2.62. The van der Waals surface area contributed by atoms with Crippen LogP contribution >= 0.6 is 11.8 Å². The van der Waals surface area contributed by atoms with E-state index in [0.717, 1.165) is 5.75 Å². The Morgan fingerprint density at radius 3 is 2.59 bits per heavy atom. The maximum Gasteiger partial charge on any atom is 0.323 e. The molecule has 0 aliphatic carbocycles. The lowest BCUT2D eigenvalue weighted by atomic mass is 9.99. The largest absolute Gasteiger partial charge is 0.480 e. The Kier molecular flexibility index (Phi) is 5.51. The summed E-state index contributed by atoms with van der Waals surface area (Å²) in [5.41, 5.74) is -0.823. The summed E-state index contributed by atoms with van der Waals surface area (Å²) in [6.45, 7) is 4.33. The van der Waals surface area contributed by atoms with E-state index < -0.39 is 11.5 Å². The van der Waals surface area contributed by atoms with E-state index in [1.807, 2.05) is 37.3 Å². The van der Waals surface area contributed by atoms with Crippen molar-refractivity contribution in [2.75, 3.05) is 12.3 Å². The van der Waals surface area contributed by atoms with Gasteiger partial charge >= 0.3 is 5.97 Å². The first-order valence-electron chi connectivity index (χ1n) is 5.75. The molecule has 0 bridgehead atoms. The fourth-order valence-electron chi connectivity index (χ4n) is 1.55. The summed E-state index contributed by atoms with van der Waals surface area (Å²) in [5.74, 6) is 0.00723. The van der Waals surface area contributed by atoms with E-state index in [1.54, 1.807) is 18.7 Å². The summed E-state index contributed by atoms with van der Waals surface area (Å²) in [6.07, 6.45) is 0.607. The smallest absolute Gasteiger partial charge is 0.323 e. The first-order chi connectivity index (χ1) is 8.08. The van der Waals surface area contributed by atoms with Gasteiger partial charge in [0.1, 0.15) is 5.54 Å². The number of benzene rings is 1. The number of rotatable bonds is 7. The van der Waals surface area contributed by atoms with Gasteiger partial charge in [-0.05, 0) is 32.0 Å². The SMILES string of the molecule is CCNC(C)(CCSc1ccccc1)C(=O)O. The molecular formula is C13H19NO2S. The van der Waals surface area contributed by atoms with Crippen molar-refractivity contribution in [2.45, 2.75) is 30.7 Å². The van der Waals surface area contributed by atoms with Crippen molar-refractivity contribution in [3.05, 3.63) is 30.3 Å². The molecule has 0 radical (unpaired) electrons. The Bertz CT molecular complexity index is 356. The molecule has 0 amide bonds. The van der Waals surface area contributed by atoms with Crippen LogP contribution in [0.1, 0.15) is 20.3 Å². The summed E-state index contributed by atoms with van der Waals surface area (Å²) in [4.78, 5) is 12.4. The number of likely N-dealkylation sites (N-methyl/N-ethyl adjacent to an activating group) is 1. The van der Waals surface area contributed by atoms with Crippen LogP contribution in [0.5, 0.6) is 0 Å². The third-order valence-electron chi connectivity index (χ3n) is 2.65. The van der Waals surface area contributed by atoms with Crippen LogP contribution in [0.4, 0.5) is 0 Å². The quantitative estimate of drug-likeness (QED) is 0.733. The van der Waals surface area contributed by atoms with E-state index >= 15 is 0 Å². The van der Waals surface area contributed by atoms with Crippen molar-refractivity contribution in [2.24, 2.45) is 0 Å². The Balaban J connectivity index is 2.45. The van der Waals surface area contributed by atoms with E-state index in [1.165, 1.54) is 4.90 Å². The minimum absolute atomic E-state index is 0.607. The highest BCUT2D eigenvalue weighted by atomic mass is 32.2. The minimum Gasteiger partial charge on any atom is -0.480 e. The summed E-state index contributed by atoms with van der Waals surface area (Å²) in [7, 11) is 0. The van der Waals surface area contributed by atoms with Gasteiger partial charge in [0.15, 0.2) is 0 Å². The van der Waals surface area contributed by atoms with Crippen LogP contribution in [0, 0.1) is 0 Å². The monoisotopic (exact) mass is 253 g/mol. The number of carbonyl (C=O) groups is 1. The molecule has 1 rings (SSSR count). The second-order valence-electron chi connectivity index (χ2n) is 4.08. The Morgan fingerprint density at radius 1 is 1.41 bits per heavy atom. The van der Waals surface area contributed by atoms with Crippen molar-refractivity contribution in [1.29, 1.82) is 0 Å². The normalized spacial score (nSPS) is 14.2. The van der Waals surface area contributed by atoms with Gasteiger partial charge in [0.05, 0.1) is 0 Å². The average Bonchev–Trinajstić information content (AvgIpc) is 2.30. The molecule has 4 heteroatoms. The van der Waals surface area contributed by atoms with Crippen LogP contribution in [0.2, 0.25) is 0 Å². The first-order valence-corrected chi connectivity index (χ1v) is 6.73. The third kappa shape index (κ3) is 4.40. The number of carboxylic acid groups (broad SMARTS) is 1. The standard InChI is InChI=1S/C13H19NO2S/c1-3-14-13(2,12(15)16)9-10-17-11-7-5-4-6-8-11/h4-8,14H,3,9-10H2,1-2H3,(H,15,16). The van der Waals surface area contributed by atoms with Gasteiger partial charge in [-0.15, -0.1) is 11.8 Å². The number of aliphatic carboxylic acids is 1. The van der Waals surface area contributed by atoms with Crippen molar-refractivity contribution >= 4 is 17.7 Å². The molecule has 0 saturated heterocycles. The van der Waals surface area contributed by atoms with Crippen molar-refractivity contribution in [3.63, 3.8) is 0 Å². The number of thioether (sulfide) groups is 1. The molecule has 0 aromatic heterocycles. The average molecular weight is 253 g/mol. The highest BCUT2D eigenvalue weighted by Gasteiger charge is 2.31. The molecule has 17 heavy (non-hydrogen) atoms. The van der Waals surface area contributed by atoms with Gasteiger partial charge < -0.3 is 10.4 Å². The van der Waals surface area contributed by atoms with Gasteiger partial charge in [-0.2, -0.15) is 0 Å². The van der Waals surface area contributed by atoms with Gasteiger partial charge in [-0.3, -0.25) is 4.79 Å². The van der Waals surface area contributed by atoms with Crippen molar-refractivity contribution in [1.82, 2.24) is 5.32 Å². The maximum atomic E-state index is 11.2. The highest BCUT2D eigenvalue weighted by molar-refractivity contribution is 7.99. The van der Waals surface area contributed by atoms with Gasteiger partial charge in [-0.25, -0.2) is 0 Å². The lowest BCUT2D eigenvalue weighted by Gasteiger charge is -2.25. The lowest BCUT2D eigenvalue weighted by Crippen LogP contribution is -2.49. The molecule has 0 aliphatic heterocycles. The fraction of sp³-hybridized carbons (Fsp3) is 0.462. The molecule has 1 unspecified atom stereocenters. The van der Waals surface area contributed by atoms with Crippen LogP contribution < -0.4 is 5.32 Å². The first kappa shape index (κ1) is 14.1. The molecule has 1 atom stereocenters. The third-order valence-corrected chi connectivity index (χ3v) is 3.67. The van der Waals surface area contributed by atoms with E-state index in [2.05, 4.69) is 5.32 Å². The molecular weight excluding hydrogens is 234 g/mol.